The Balaban J connectivity index is 1.49. The molecule has 0 amide bonds. The van der Waals surface area contributed by atoms with Crippen LogP contribution in [0.25, 0.3) is 11.1 Å². The molecule has 0 spiro atoms. The van der Waals surface area contributed by atoms with Crippen LogP contribution < -0.4 is 14.2 Å². The fraction of sp³-hybridized carbons (Fsp3) is 0.226. The molecule has 1 heterocycles. The number of carbonyl (C=O) groups excluding carboxylic acids is 1. The zero-order valence-corrected chi connectivity index (χ0v) is 21.3. The van der Waals surface area contributed by atoms with E-state index in [1.807, 2.05) is 106 Å². The van der Waals surface area contributed by atoms with Crippen LogP contribution in [-0.4, -0.2) is 23.2 Å². The number of rotatable bonds is 10. The fourth-order valence-corrected chi connectivity index (χ4v) is 3.53. The van der Waals surface area contributed by atoms with E-state index in [2.05, 4.69) is 4.98 Å². The molecule has 0 fully saturated rings. The normalized spacial score (nSPS) is 11.0. The van der Waals surface area contributed by atoms with E-state index in [1.165, 1.54) is 0 Å². The summed E-state index contributed by atoms with van der Waals surface area (Å²) >= 11 is 0. The van der Waals surface area contributed by atoms with Gasteiger partial charge < -0.3 is 18.9 Å². The van der Waals surface area contributed by atoms with Crippen molar-refractivity contribution in [1.29, 1.82) is 0 Å². The Kier molecular flexibility index (Phi) is 8.41. The Morgan fingerprint density at radius 2 is 1.30 bits per heavy atom. The first-order valence-corrected chi connectivity index (χ1v) is 12.2. The zero-order chi connectivity index (χ0) is 26.1. The minimum Gasteiger partial charge on any atom is -0.482 e. The molecule has 0 saturated heterocycles. The van der Waals surface area contributed by atoms with Crippen LogP contribution in [0.15, 0.2) is 97.1 Å². The molecule has 0 atom stereocenters. The number of aromatic nitrogens is 1. The Bertz CT molecular complexity index is 1280. The summed E-state index contributed by atoms with van der Waals surface area (Å²) in [7, 11) is 0. The molecule has 4 rings (SSSR count). The first kappa shape index (κ1) is 25.8. The number of hydrogen-bond donors (Lipinski definition) is 0. The summed E-state index contributed by atoms with van der Waals surface area (Å²) in [5, 5.41) is 0. The second-order valence-corrected chi connectivity index (χ2v) is 9.45. The predicted molar refractivity (Wildman–Crippen MR) is 143 cm³/mol. The average Bonchev–Trinajstić information content (AvgIpc) is 2.90. The molecule has 0 aliphatic heterocycles. The quantitative estimate of drug-likeness (QED) is 0.229. The Hall–Kier alpha value is -4.32. The van der Waals surface area contributed by atoms with Crippen molar-refractivity contribution >= 4 is 5.97 Å². The van der Waals surface area contributed by atoms with Gasteiger partial charge in [-0.3, -0.25) is 0 Å². The second-order valence-electron chi connectivity index (χ2n) is 9.45. The highest BCUT2D eigenvalue weighted by atomic mass is 16.6. The standard InChI is InChI=1S/C31H31NO5/c1-31(2,3)37-29(33)22-34-26-16-14-25(15-17-26)27-18-19-28(35-20-23-10-6-4-7-11-23)32-30(27)36-21-24-12-8-5-9-13-24/h4-19H,20-22H2,1-3H3. The highest BCUT2D eigenvalue weighted by Gasteiger charge is 2.17. The highest BCUT2D eigenvalue weighted by molar-refractivity contribution is 5.72. The molecule has 4 aromatic rings. The molecular formula is C31H31NO5. The lowest BCUT2D eigenvalue weighted by Crippen LogP contribution is -2.27. The molecule has 37 heavy (non-hydrogen) atoms. The van der Waals surface area contributed by atoms with Gasteiger partial charge in [0.2, 0.25) is 11.8 Å². The number of carbonyl (C=O) groups is 1. The van der Waals surface area contributed by atoms with E-state index in [0.29, 0.717) is 30.7 Å². The smallest absolute Gasteiger partial charge is 0.344 e. The van der Waals surface area contributed by atoms with Crippen molar-refractivity contribution in [3.8, 4) is 28.6 Å². The van der Waals surface area contributed by atoms with Crippen molar-refractivity contribution in [1.82, 2.24) is 4.98 Å². The van der Waals surface area contributed by atoms with E-state index in [1.54, 1.807) is 12.1 Å². The highest BCUT2D eigenvalue weighted by Crippen LogP contribution is 2.32. The number of hydrogen-bond acceptors (Lipinski definition) is 6. The van der Waals surface area contributed by atoms with Gasteiger partial charge in [0, 0.05) is 11.6 Å². The van der Waals surface area contributed by atoms with Crippen LogP contribution in [0.5, 0.6) is 17.5 Å². The van der Waals surface area contributed by atoms with Crippen LogP contribution in [0.2, 0.25) is 0 Å². The molecule has 6 nitrogen and oxygen atoms in total. The monoisotopic (exact) mass is 497 g/mol. The van der Waals surface area contributed by atoms with E-state index >= 15 is 0 Å². The maximum absolute atomic E-state index is 11.9. The lowest BCUT2D eigenvalue weighted by Gasteiger charge is -2.19. The number of benzene rings is 3. The molecule has 0 unspecified atom stereocenters. The summed E-state index contributed by atoms with van der Waals surface area (Å²) < 4.78 is 23.0. The molecule has 0 aliphatic rings. The second kappa shape index (κ2) is 12.1. The van der Waals surface area contributed by atoms with Crippen LogP contribution in [0.1, 0.15) is 31.9 Å². The van der Waals surface area contributed by atoms with Gasteiger partial charge in [0.25, 0.3) is 0 Å². The Labute approximate surface area is 217 Å². The lowest BCUT2D eigenvalue weighted by atomic mass is 10.1. The third-order valence-electron chi connectivity index (χ3n) is 5.22. The summed E-state index contributed by atoms with van der Waals surface area (Å²) in [5.41, 5.74) is 3.26. The number of pyridine rings is 1. The first-order chi connectivity index (χ1) is 17.9. The SMILES string of the molecule is CC(C)(C)OC(=O)COc1ccc(-c2ccc(OCc3ccccc3)nc2OCc2ccccc2)cc1. The summed E-state index contributed by atoms with van der Waals surface area (Å²) in [5.74, 6) is 1.10. The fourth-order valence-electron chi connectivity index (χ4n) is 3.53. The van der Waals surface area contributed by atoms with Crippen molar-refractivity contribution in [2.45, 2.75) is 39.6 Å². The number of esters is 1. The molecule has 0 bridgehead atoms. The average molecular weight is 498 g/mol. The van der Waals surface area contributed by atoms with E-state index in [-0.39, 0.29) is 6.61 Å². The summed E-state index contributed by atoms with van der Waals surface area (Å²) in [6.07, 6.45) is 0. The van der Waals surface area contributed by atoms with Crippen LogP contribution in [-0.2, 0) is 22.7 Å². The number of ether oxygens (including phenoxy) is 4. The van der Waals surface area contributed by atoms with Crippen LogP contribution >= 0.6 is 0 Å². The molecule has 190 valence electrons. The summed E-state index contributed by atoms with van der Waals surface area (Å²) in [4.78, 5) is 16.6. The minimum absolute atomic E-state index is 0.156. The third-order valence-corrected chi connectivity index (χ3v) is 5.22. The van der Waals surface area contributed by atoms with Crippen molar-refractivity contribution in [2.75, 3.05) is 6.61 Å². The number of nitrogens with zero attached hydrogens (tertiary/aromatic N) is 1. The summed E-state index contributed by atoms with van der Waals surface area (Å²) in [6.45, 7) is 6.10. The molecule has 6 heteroatoms. The molecular weight excluding hydrogens is 466 g/mol. The first-order valence-electron chi connectivity index (χ1n) is 12.2. The van der Waals surface area contributed by atoms with Crippen LogP contribution in [0, 0.1) is 0 Å². The van der Waals surface area contributed by atoms with Gasteiger partial charge in [-0.1, -0.05) is 72.8 Å². The van der Waals surface area contributed by atoms with Gasteiger partial charge in [-0.2, -0.15) is 4.98 Å². The molecule has 1 aromatic heterocycles. The maximum atomic E-state index is 11.9. The van der Waals surface area contributed by atoms with E-state index in [9.17, 15) is 4.79 Å². The van der Waals surface area contributed by atoms with Crippen LogP contribution in [0.4, 0.5) is 0 Å². The van der Waals surface area contributed by atoms with E-state index in [0.717, 1.165) is 22.3 Å². The molecule has 3 aromatic carbocycles. The molecule has 0 aliphatic carbocycles. The van der Waals surface area contributed by atoms with E-state index < -0.39 is 11.6 Å². The Morgan fingerprint density at radius 3 is 1.89 bits per heavy atom. The van der Waals surface area contributed by atoms with Gasteiger partial charge in [0.1, 0.15) is 24.6 Å². The maximum Gasteiger partial charge on any atom is 0.344 e. The largest absolute Gasteiger partial charge is 0.482 e. The minimum atomic E-state index is -0.551. The topological polar surface area (TPSA) is 66.9 Å². The van der Waals surface area contributed by atoms with Gasteiger partial charge in [-0.05, 0) is 55.7 Å². The van der Waals surface area contributed by atoms with Crippen molar-refractivity contribution in [3.63, 3.8) is 0 Å². The van der Waals surface area contributed by atoms with Gasteiger partial charge in [0.15, 0.2) is 6.61 Å². The third kappa shape index (κ3) is 8.10. The molecule has 0 radical (unpaired) electrons. The van der Waals surface area contributed by atoms with Gasteiger partial charge in [-0.25, -0.2) is 4.79 Å². The summed E-state index contributed by atoms with van der Waals surface area (Å²) in [6, 6.07) is 31.1. The van der Waals surface area contributed by atoms with Crippen LogP contribution in [0.3, 0.4) is 0 Å². The Morgan fingerprint density at radius 1 is 0.703 bits per heavy atom. The lowest BCUT2D eigenvalue weighted by molar-refractivity contribution is -0.157. The van der Waals surface area contributed by atoms with Gasteiger partial charge >= 0.3 is 5.97 Å². The van der Waals surface area contributed by atoms with E-state index in [4.69, 9.17) is 18.9 Å². The predicted octanol–water partition coefficient (Wildman–Crippen LogP) is 6.63. The molecule has 0 N–H and O–H groups in total. The molecule has 0 saturated carbocycles. The van der Waals surface area contributed by atoms with Gasteiger partial charge in [0.05, 0.1) is 0 Å². The van der Waals surface area contributed by atoms with Crippen molar-refractivity contribution < 1.29 is 23.7 Å². The van der Waals surface area contributed by atoms with Gasteiger partial charge in [-0.15, -0.1) is 0 Å². The zero-order valence-electron chi connectivity index (χ0n) is 21.3. The van der Waals surface area contributed by atoms with Crippen molar-refractivity contribution in [3.05, 3.63) is 108 Å². The van der Waals surface area contributed by atoms with Crippen molar-refractivity contribution in [2.24, 2.45) is 0 Å².